The molecule has 4 N–H and O–H groups in total. The second kappa shape index (κ2) is 32.3. The standard InChI is InChI=1S/C24H27FN4O3.C23H26FN5O2.C12H12FNO2.C12H17N3O2/c1-4-18-22(30)13-17-19(27-18)6-5-16(23(17)25)14-28-9-11-29(12-10-28)21-8-7-20(24(31)32-3)26-15(21)2;1-3-17-21(30)12-16-18(27-17)5-4-15(22(16)24)13-28-8-10-29(11-9-28)20-7-6-19(23(25)31)26-14(20)2;1-2-9-11(16)5-8-10(14-9)4-3-7(6-15)12(8)13;1-9-11(15-7-5-13-6-8-15)4-3-10(14-9)12(16)17-2/h5-8H,4,9-14H2,1-3H3;4-7H,3,8-13H2,1-2H3,(H2,25,31);3-4,15H,2,5-6H2,1H3;3-4,13H,5-8H2,1-2H3. The highest BCUT2D eigenvalue weighted by Crippen LogP contribution is 2.34. The van der Waals surface area contributed by atoms with Gasteiger partial charge in [-0.25, -0.2) is 52.7 Å². The van der Waals surface area contributed by atoms with Gasteiger partial charge in [-0.1, -0.05) is 39.0 Å². The van der Waals surface area contributed by atoms with Gasteiger partial charge in [0.1, 0.15) is 34.5 Å². The number of aliphatic hydroxyl groups is 1. The highest BCUT2D eigenvalue weighted by molar-refractivity contribution is 6.42. The molecule has 0 bridgehead atoms. The zero-order valence-electron chi connectivity index (χ0n) is 55.6. The molecule has 3 saturated heterocycles. The number of piperazine rings is 3. The number of benzene rings is 3. The molecule has 6 aromatic rings. The number of hydrogen-bond donors (Lipinski definition) is 3. The van der Waals surface area contributed by atoms with E-state index < -0.39 is 17.7 Å². The lowest BCUT2D eigenvalue weighted by atomic mass is 9.96. The fraction of sp³-hybridized carbons (Fsp3) is 0.408. The van der Waals surface area contributed by atoms with E-state index in [9.17, 15) is 33.2 Å². The van der Waals surface area contributed by atoms with Crippen molar-refractivity contribution in [3.8, 4) is 0 Å². The molecule has 0 saturated carbocycles. The van der Waals surface area contributed by atoms with Gasteiger partial charge >= 0.3 is 11.9 Å². The third kappa shape index (κ3) is 16.6. The van der Waals surface area contributed by atoms with Crippen molar-refractivity contribution in [3.05, 3.63) is 158 Å². The predicted molar refractivity (Wildman–Crippen MR) is 362 cm³/mol. The first-order valence-corrected chi connectivity index (χ1v) is 32.3. The smallest absolute Gasteiger partial charge is 0.356 e. The quantitative estimate of drug-likeness (QED) is 0.0865. The SMILES string of the molecule is CCC1=Nc2ccc(CN3CCN(c4ccc(C(=O)OC)nc4C)CC3)c(F)c2CC1=O.CCC1=Nc2ccc(CN3CCN(c4ccc(C(N)=O)nc4C)CC3)c(F)c2CC1=O.CCC1=Nc2ccc(CO)c(F)c2CC1=O.COC(=O)c1ccc(N2CCNCC2)c(C)n1. The molecule has 3 aromatic carbocycles. The van der Waals surface area contributed by atoms with Gasteiger partial charge in [0, 0.05) is 144 Å². The third-order valence-electron chi connectivity index (χ3n) is 17.7. The molecule has 0 spiro atoms. The van der Waals surface area contributed by atoms with Gasteiger partial charge in [-0.2, -0.15) is 0 Å². The van der Waals surface area contributed by atoms with E-state index in [0.717, 1.165) is 113 Å². The Balaban J connectivity index is 0.000000157. The lowest BCUT2D eigenvalue weighted by molar-refractivity contribution is -0.113. The van der Waals surface area contributed by atoms with Crippen LogP contribution in [-0.4, -0.2) is 175 Å². The van der Waals surface area contributed by atoms with Crippen LogP contribution in [0.3, 0.4) is 0 Å². The summed E-state index contributed by atoms with van der Waals surface area (Å²) < 4.78 is 53.4. The summed E-state index contributed by atoms with van der Waals surface area (Å²) in [7, 11) is 2.70. The monoisotopic (exact) mass is 1320 g/mol. The molecule has 1 amide bonds. The number of aliphatic imine (C=N–C) groups is 3. The Morgan fingerprint density at radius 1 is 0.479 bits per heavy atom. The molecule has 25 heteroatoms. The van der Waals surface area contributed by atoms with Crippen LogP contribution < -0.4 is 25.8 Å². The van der Waals surface area contributed by atoms with Crippen molar-refractivity contribution in [2.24, 2.45) is 20.7 Å². The fourth-order valence-corrected chi connectivity index (χ4v) is 12.3. The van der Waals surface area contributed by atoms with Gasteiger partial charge in [0.2, 0.25) is 0 Å². The van der Waals surface area contributed by atoms with Gasteiger partial charge in [0.05, 0.1) is 89.2 Å². The number of nitrogens with zero attached hydrogens (tertiary/aromatic N) is 11. The van der Waals surface area contributed by atoms with Gasteiger partial charge in [0.25, 0.3) is 5.91 Å². The van der Waals surface area contributed by atoms with Gasteiger partial charge in [-0.3, -0.25) is 29.0 Å². The number of carbonyl (C=O) groups is 6. The van der Waals surface area contributed by atoms with E-state index in [-0.39, 0.29) is 72.1 Å². The molecule has 6 aliphatic heterocycles. The zero-order chi connectivity index (χ0) is 68.9. The summed E-state index contributed by atoms with van der Waals surface area (Å²) in [6.07, 6.45) is 1.90. The molecular formula is C71H82F3N13O9. The number of fused-ring (bicyclic) bond motifs is 3. The summed E-state index contributed by atoms with van der Waals surface area (Å²) >= 11 is 0. The van der Waals surface area contributed by atoms with E-state index in [1.54, 1.807) is 36.4 Å². The van der Waals surface area contributed by atoms with Crippen LogP contribution >= 0.6 is 0 Å². The van der Waals surface area contributed by atoms with Crippen LogP contribution in [-0.2, 0) is 62.8 Å². The number of aryl methyl sites for hydroxylation is 3. The molecular weight excluding hydrogens is 1240 g/mol. The molecule has 96 heavy (non-hydrogen) atoms. The summed E-state index contributed by atoms with van der Waals surface area (Å²) in [6, 6.07) is 21.1. The number of methoxy groups -OCH3 is 2. The van der Waals surface area contributed by atoms with E-state index >= 15 is 8.78 Å². The number of halogens is 3. The summed E-state index contributed by atoms with van der Waals surface area (Å²) in [6.45, 7) is 22.0. The van der Waals surface area contributed by atoms with Gasteiger partial charge in [0.15, 0.2) is 17.3 Å². The number of primary amides is 1. The van der Waals surface area contributed by atoms with Crippen LogP contribution in [0.1, 0.15) is 122 Å². The molecule has 9 heterocycles. The molecule has 506 valence electrons. The van der Waals surface area contributed by atoms with E-state index in [0.29, 0.717) is 106 Å². The van der Waals surface area contributed by atoms with Crippen molar-refractivity contribution in [1.82, 2.24) is 30.1 Å². The van der Waals surface area contributed by atoms with Gasteiger partial charge < -0.3 is 40.3 Å². The molecule has 12 rings (SSSR count). The molecule has 3 aromatic heterocycles. The Morgan fingerprint density at radius 3 is 1.12 bits per heavy atom. The van der Waals surface area contributed by atoms with Crippen molar-refractivity contribution in [2.45, 2.75) is 99.8 Å². The summed E-state index contributed by atoms with van der Waals surface area (Å²) in [4.78, 5) is 107. The number of carbonyl (C=O) groups excluding carboxylic acids is 6. The van der Waals surface area contributed by atoms with Crippen LogP contribution in [0.4, 0.5) is 47.3 Å². The summed E-state index contributed by atoms with van der Waals surface area (Å²) in [5.41, 5.74) is 17.4. The average molecular weight is 1320 g/mol. The van der Waals surface area contributed by atoms with Crippen molar-refractivity contribution >= 4 is 86.5 Å². The van der Waals surface area contributed by atoms with Crippen LogP contribution in [0.15, 0.2) is 87.8 Å². The minimum absolute atomic E-state index is 0.0433. The predicted octanol–water partition coefficient (Wildman–Crippen LogP) is 8.32. The first kappa shape index (κ1) is 70.9. The number of rotatable bonds is 14. The number of amides is 1. The van der Waals surface area contributed by atoms with Crippen molar-refractivity contribution < 1.29 is 56.5 Å². The number of anilines is 3. The molecule has 22 nitrogen and oxygen atoms in total. The number of esters is 2. The van der Waals surface area contributed by atoms with Crippen LogP contribution in [0.2, 0.25) is 0 Å². The summed E-state index contributed by atoms with van der Waals surface area (Å²) in [5, 5.41) is 12.2. The molecule has 0 radical (unpaired) electrons. The maximum atomic E-state index is 15.1. The fourth-order valence-electron chi connectivity index (χ4n) is 12.3. The van der Waals surface area contributed by atoms with Crippen LogP contribution in [0.25, 0.3) is 0 Å². The van der Waals surface area contributed by atoms with Crippen LogP contribution in [0.5, 0.6) is 0 Å². The molecule has 0 atom stereocenters. The molecule has 3 fully saturated rings. The number of aromatic nitrogens is 3. The van der Waals surface area contributed by atoms with Crippen LogP contribution in [0, 0.1) is 38.2 Å². The Bertz CT molecular complexity index is 4040. The minimum Gasteiger partial charge on any atom is -0.464 e. The minimum atomic E-state index is -0.537. The Hall–Kier alpha value is -9.43. The number of ether oxygens (including phenoxy) is 2. The van der Waals surface area contributed by atoms with E-state index in [1.165, 1.54) is 20.3 Å². The second-order valence-electron chi connectivity index (χ2n) is 23.8. The topological polar surface area (TPSA) is 271 Å². The molecule has 0 unspecified atom stereocenters. The highest BCUT2D eigenvalue weighted by Gasteiger charge is 2.29. The first-order valence-electron chi connectivity index (χ1n) is 32.3. The first-order chi connectivity index (χ1) is 46.2. The highest BCUT2D eigenvalue weighted by atomic mass is 19.1. The number of ketones is 3. The molecule has 0 aliphatic carbocycles. The van der Waals surface area contributed by atoms with Crippen molar-refractivity contribution in [1.29, 1.82) is 0 Å². The zero-order valence-corrected chi connectivity index (χ0v) is 55.6. The largest absolute Gasteiger partial charge is 0.464 e. The Kier molecular flexibility index (Phi) is 23.9. The number of nitrogens with two attached hydrogens (primary N) is 1. The number of nitrogens with one attached hydrogen (secondary N) is 1. The maximum absolute atomic E-state index is 15.1. The Morgan fingerprint density at radius 2 is 0.802 bits per heavy atom. The van der Waals surface area contributed by atoms with Crippen molar-refractivity contribution in [3.63, 3.8) is 0 Å². The number of hydrogen-bond acceptors (Lipinski definition) is 21. The Labute approximate surface area is 556 Å². The third-order valence-corrected chi connectivity index (χ3v) is 17.7. The van der Waals surface area contributed by atoms with E-state index in [4.69, 9.17) is 15.6 Å². The van der Waals surface area contributed by atoms with Gasteiger partial charge in [-0.15, -0.1) is 0 Å². The maximum Gasteiger partial charge on any atom is 0.356 e. The van der Waals surface area contributed by atoms with E-state index in [2.05, 4.69) is 64.5 Å². The molecule has 6 aliphatic rings. The lowest BCUT2D eigenvalue weighted by Crippen LogP contribution is -2.46. The lowest BCUT2D eigenvalue weighted by Gasteiger charge is -2.36. The second-order valence-corrected chi connectivity index (χ2v) is 23.8. The van der Waals surface area contributed by atoms with E-state index in [1.807, 2.05) is 71.9 Å². The average Bonchev–Trinajstić information content (AvgIpc) is 0.827. The van der Waals surface area contributed by atoms with Crippen molar-refractivity contribution in [2.75, 3.05) is 107 Å². The summed E-state index contributed by atoms with van der Waals surface area (Å²) in [5.74, 6) is -2.82. The number of Topliss-reactive ketones (excluding diaryl/α,β-unsaturated/α-hetero) is 3. The van der Waals surface area contributed by atoms with Gasteiger partial charge in [-0.05, 0) is 94.6 Å². The normalized spacial score (nSPS) is 16.2. The number of aliphatic hydroxyl groups excluding tert-OH is 1. The number of pyridine rings is 3.